The highest BCUT2D eigenvalue weighted by Gasteiger charge is 2.37. The van der Waals surface area contributed by atoms with Crippen molar-refractivity contribution in [3.63, 3.8) is 0 Å². The van der Waals surface area contributed by atoms with Gasteiger partial charge in [0.2, 0.25) is 10.0 Å². The molecule has 1 rings (SSSR count). The molecule has 1 heterocycles. The fourth-order valence-electron chi connectivity index (χ4n) is 1.76. The molecule has 1 aliphatic heterocycles. The number of sulfonamides is 1. The van der Waals surface area contributed by atoms with E-state index in [1.54, 1.807) is 0 Å². The number of rotatable bonds is 5. The van der Waals surface area contributed by atoms with Crippen molar-refractivity contribution in [2.45, 2.75) is 38.6 Å². The van der Waals surface area contributed by atoms with Gasteiger partial charge in [0.15, 0.2) is 0 Å². The van der Waals surface area contributed by atoms with Crippen LogP contribution in [0.4, 0.5) is 0 Å². The lowest BCUT2D eigenvalue weighted by Crippen LogP contribution is -2.41. The number of carbonyl (C=O) groups is 1. The predicted molar refractivity (Wildman–Crippen MR) is 56.1 cm³/mol. The molecular formula is C9H17NO4S. The Balaban J connectivity index is 2.73. The first-order valence-electron chi connectivity index (χ1n) is 5.21. The van der Waals surface area contributed by atoms with Crippen molar-refractivity contribution in [3.05, 3.63) is 0 Å². The molecule has 0 unspecified atom stereocenters. The predicted octanol–water partition coefficient (Wildman–Crippen LogP) is 0.665. The van der Waals surface area contributed by atoms with Crippen LogP contribution in [0.5, 0.6) is 0 Å². The number of carboxylic acids is 1. The summed E-state index contributed by atoms with van der Waals surface area (Å²) < 4.78 is 24.7. The van der Waals surface area contributed by atoms with Crippen molar-refractivity contribution in [1.29, 1.82) is 0 Å². The van der Waals surface area contributed by atoms with Crippen LogP contribution in [0, 0.1) is 0 Å². The van der Waals surface area contributed by atoms with Gasteiger partial charge in [-0.25, -0.2) is 8.42 Å². The maximum atomic E-state index is 11.8. The molecule has 0 aromatic carbocycles. The molecule has 0 amide bonds. The molecule has 0 bridgehead atoms. The second-order valence-corrected chi connectivity index (χ2v) is 5.82. The zero-order valence-corrected chi connectivity index (χ0v) is 9.66. The van der Waals surface area contributed by atoms with E-state index in [0.29, 0.717) is 25.8 Å². The topological polar surface area (TPSA) is 74.7 Å². The Morgan fingerprint density at radius 3 is 2.73 bits per heavy atom. The Bertz CT molecular complexity index is 325. The quantitative estimate of drug-likeness (QED) is 0.759. The minimum Gasteiger partial charge on any atom is -0.480 e. The Hall–Kier alpha value is -0.620. The first kappa shape index (κ1) is 12.4. The van der Waals surface area contributed by atoms with Gasteiger partial charge in [-0.05, 0) is 19.3 Å². The van der Waals surface area contributed by atoms with Crippen molar-refractivity contribution in [2.75, 3.05) is 12.3 Å². The minimum atomic E-state index is -3.36. The summed E-state index contributed by atoms with van der Waals surface area (Å²) in [7, 11) is -3.36. The van der Waals surface area contributed by atoms with Crippen LogP contribution < -0.4 is 0 Å². The van der Waals surface area contributed by atoms with Crippen LogP contribution in [0.2, 0.25) is 0 Å². The Morgan fingerprint density at radius 2 is 2.20 bits per heavy atom. The summed E-state index contributed by atoms with van der Waals surface area (Å²) in [4.78, 5) is 10.8. The van der Waals surface area contributed by atoms with Crippen LogP contribution in [0.1, 0.15) is 32.6 Å². The number of aliphatic carboxylic acids is 1. The van der Waals surface area contributed by atoms with Gasteiger partial charge >= 0.3 is 5.97 Å². The highest BCUT2D eigenvalue weighted by molar-refractivity contribution is 7.89. The molecule has 0 spiro atoms. The smallest absolute Gasteiger partial charge is 0.322 e. The van der Waals surface area contributed by atoms with Crippen molar-refractivity contribution in [2.24, 2.45) is 0 Å². The molecule has 0 radical (unpaired) electrons. The second kappa shape index (κ2) is 4.94. The molecule has 1 aliphatic rings. The molecular weight excluding hydrogens is 218 g/mol. The summed E-state index contributed by atoms with van der Waals surface area (Å²) in [6.07, 6.45) is 2.46. The number of hydrogen-bond donors (Lipinski definition) is 1. The Morgan fingerprint density at radius 1 is 1.53 bits per heavy atom. The van der Waals surface area contributed by atoms with Gasteiger partial charge in [0.25, 0.3) is 0 Å². The first-order chi connectivity index (χ1) is 6.99. The van der Waals surface area contributed by atoms with Crippen molar-refractivity contribution in [3.8, 4) is 0 Å². The molecule has 6 heteroatoms. The van der Waals surface area contributed by atoms with Crippen molar-refractivity contribution >= 4 is 16.0 Å². The first-order valence-corrected chi connectivity index (χ1v) is 6.82. The van der Waals surface area contributed by atoms with Crippen LogP contribution in [-0.2, 0) is 14.8 Å². The average molecular weight is 235 g/mol. The van der Waals surface area contributed by atoms with Gasteiger partial charge in [-0.1, -0.05) is 13.3 Å². The van der Waals surface area contributed by atoms with Crippen molar-refractivity contribution < 1.29 is 18.3 Å². The van der Waals surface area contributed by atoms with E-state index in [1.165, 1.54) is 0 Å². The molecule has 15 heavy (non-hydrogen) atoms. The molecule has 1 fully saturated rings. The summed E-state index contributed by atoms with van der Waals surface area (Å²) in [5, 5.41) is 8.87. The normalized spacial score (nSPS) is 23.1. The SMILES string of the molecule is CCCCS(=O)(=O)N1CCC[C@@H]1C(=O)O. The van der Waals surface area contributed by atoms with Gasteiger partial charge in [-0.2, -0.15) is 4.31 Å². The highest BCUT2D eigenvalue weighted by Crippen LogP contribution is 2.22. The zero-order valence-electron chi connectivity index (χ0n) is 8.85. The largest absolute Gasteiger partial charge is 0.480 e. The Labute approximate surface area is 90.1 Å². The van der Waals surface area contributed by atoms with Crippen molar-refractivity contribution in [1.82, 2.24) is 4.31 Å². The van der Waals surface area contributed by atoms with Gasteiger partial charge in [0.1, 0.15) is 6.04 Å². The van der Waals surface area contributed by atoms with E-state index < -0.39 is 22.0 Å². The zero-order chi connectivity index (χ0) is 11.5. The standard InChI is InChI=1S/C9H17NO4S/c1-2-3-7-15(13,14)10-6-4-5-8(10)9(11)12/h8H,2-7H2,1H3,(H,11,12)/t8-/m1/s1. The molecule has 5 nitrogen and oxygen atoms in total. The minimum absolute atomic E-state index is 0.0628. The van der Waals surface area contributed by atoms with Crippen LogP contribution in [0.25, 0.3) is 0 Å². The number of carboxylic acid groups (broad SMARTS) is 1. The summed E-state index contributed by atoms with van der Waals surface area (Å²) >= 11 is 0. The Kier molecular flexibility index (Phi) is 4.10. The lowest BCUT2D eigenvalue weighted by Gasteiger charge is -2.20. The maximum Gasteiger partial charge on any atom is 0.322 e. The maximum absolute atomic E-state index is 11.8. The lowest BCUT2D eigenvalue weighted by atomic mass is 10.2. The van der Waals surface area contributed by atoms with E-state index in [1.807, 2.05) is 6.92 Å². The molecule has 1 atom stereocenters. The van der Waals surface area contributed by atoms with E-state index in [-0.39, 0.29) is 5.75 Å². The molecule has 0 aromatic heterocycles. The number of nitrogens with zero attached hydrogens (tertiary/aromatic N) is 1. The lowest BCUT2D eigenvalue weighted by molar-refractivity contribution is -0.140. The third-order valence-electron chi connectivity index (χ3n) is 2.60. The van der Waals surface area contributed by atoms with Gasteiger partial charge in [0, 0.05) is 6.54 Å². The van der Waals surface area contributed by atoms with E-state index in [0.717, 1.165) is 10.7 Å². The number of hydrogen-bond acceptors (Lipinski definition) is 3. The van der Waals surface area contributed by atoms with Crippen LogP contribution in [0.3, 0.4) is 0 Å². The molecule has 0 aliphatic carbocycles. The highest BCUT2D eigenvalue weighted by atomic mass is 32.2. The summed E-state index contributed by atoms with van der Waals surface area (Å²) in [5.41, 5.74) is 0. The van der Waals surface area contributed by atoms with Gasteiger partial charge in [-0.15, -0.1) is 0 Å². The number of unbranched alkanes of at least 4 members (excludes halogenated alkanes) is 1. The molecule has 0 saturated carbocycles. The third-order valence-corrected chi connectivity index (χ3v) is 4.56. The molecule has 88 valence electrons. The second-order valence-electron chi connectivity index (χ2n) is 3.78. The fourth-order valence-corrected chi connectivity index (χ4v) is 3.64. The van der Waals surface area contributed by atoms with E-state index in [2.05, 4.69) is 0 Å². The van der Waals surface area contributed by atoms with E-state index in [4.69, 9.17) is 5.11 Å². The summed E-state index contributed by atoms with van der Waals surface area (Å²) in [6.45, 7) is 2.26. The molecule has 1 saturated heterocycles. The molecule has 1 N–H and O–H groups in total. The summed E-state index contributed by atoms with van der Waals surface area (Å²) in [6, 6.07) is -0.841. The molecule has 0 aromatic rings. The fraction of sp³-hybridized carbons (Fsp3) is 0.889. The van der Waals surface area contributed by atoms with Crippen LogP contribution in [0.15, 0.2) is 0 Å². The van der Waals surface area contributed by atoms with E-state index in [9.17, 15) is 13.2 Å². The average Bonchev–Trinajstić information content (AvgIpc) is 2.63. The van der Waals surface area contributed by atoms with Gasteiger partial charge < -0.3 is 5.11 Å². The summed E-state index contributed by atoms with van der Waals surface area (Å²) in [5.74, 6) is -0.972. The third kappa shape index (κ3) is 2.92. The van der Waals surface area contributed by atoms with Crippen LogP contribution in [-0.4, -0.2) is 42.1 Å². The van der Waals surface area contributed by atoms with Gasteiger partial charge in [-0.3, -0.25) is 4.79 Å². The van der Waals surface area contributed by atoms with E-state index >= 15 is 0 Å². The van der Waals surface area contributed by atoms with Gasteiger partial charge in [0.05, 0.1) is 5.75 Å². The van der Waals surface area contributed by atoms with Crippen LogP contribution >= 0.6 is 0 Å². The monoisotopic (exact) mass is 235 g/mol.